The van der Waals surface area contributed by atoms with Gasteiger partial charge in [-0.2, -0.15) is 4.31 Å². The second kappa shape index (κ2) is 8.20. The third-order valence-corrected chi connectivity index (χ3v) is 7.49. The molecule has 0 radical (unpaired) electrons. The maximum Gasteiger partial charge on any atom is 0.252 e. The smallest absolute Gasteiger partial charge is 0.252 e. The van der Waals surface area contributed by atoms with Crippen LogP contribution in [0.1, 0.15) is 19.8 Å². The number of carbonyl (C=O) groups is 1. The summed E-state index contributed by atoms with van der Waals surface area (Å²) in [4.78, 5) is 12.6. The minimum absolute atomic E-state index is 0.162. The summed E-state index contributed by atoms with van der Waals surface area (Å²) >= 11 is 1.20. The number of hydrogen-bond acceptors (Lipinski definition) is 5. The Morgan fingerprint density at radius 1 is 1.35 bits per heavy atom. The molecule has 1 amide bonds. The zero-order chi connectivity index (χ0) is 18.6. The predicted molar refractivity (Wildman–Crippen MR) is 102 cm³/mol. The van der Waals surface area contributed by atoms with Crippen molar-refractivity contribution in [1.29, 1.82) is 0 Å². The number of anilines is 1. The Morgan fingerprint density at radius 3 is 2.92 bits per heavy atom. The molecule has 0 bridgehead atoms. The first-order valence-electron chi connectivity index (χ1n) is 8.58. The van der Waals surface area contributed by atoms with Crippen LogP contribution in [0, 0.1) is 5.92 Å². The zero-order valence-corrected chi connectivity index (χ0v) is 16.2. The van der Waals surface area contributed by atoms with Crippen LogP contribution in [0.4, 0.5) is 5.69 Å². The van der Waals surface area contributed by atoms with Gasteiger partial charge in [0, 0.05) is 24.8 Å². The highest BCUT2D eigenvalue weighted by Crippen LogP contribution is 2.27. The molecule has 1 aromatic carbocycles. The molecule has 2 heterocycles. The van der Waals surface area contributed by atoms with Gasteiger partial charge in [-0.25, -0.2) is 8.42 Å². The molecule has 0 aliphatic carbocycles. The Morgan fingerprint density at radius 2 is 2.19 bits per heavy atom. The topological polar surface area (TPSA) is 75.7 Å². The van der Waals surface area contributed by atoms with Gasteiger partial charge in [0.1, 0.15) is 9.96 Å². The van der Waals surface area contributed by atoms with Crippen molar-refractivity contribution in [3.63, 3.8) is 0 Å². The van der Waals surface area contributed by atoms with Gasteiger partial charge in [-0.1, -0.05) is 12.1 Å². The lowest BCUT2D eigenvalue weighted by molar-refractivity contribution is -0.120. The summed E-state index contributed by atoms with van der Waals surface area (Å²) in [7, 11) is -3.52. The van der Waals surface area contributed by atoms with Gasteiger partial charge in [0.2, 0.25) is 5.91 Å². The number of sulfonamides is 1. The van der Waals surface area contributed by atoms with Gasteiger partial charge >= 0.3 is 0 Å². The van der Waals surface area contributed by atoms with Crippen molar-refractivity contribution in [2.24, 2.45) is 5.92 Å². The summed E-state index contributed by atoms with van der Waals surface area (Å²) in [6.45, 7) is 3.10. The van der Waals surface area contributed by atoms with Gasteiger partial charge in [0.25, 0.3) is 10.0 Å². The molecule has 8 heteroatoms. The molecular formula is C18H22N2O4S2. The van der Waals surface area contributed by atoms with Crippen molar-refractivity contribution in [2.45, 2.75) is 24.0 Å². The Labute approximate surface area is 157 Å². The first kappa shape index (κ1) is 18.9. The minimum atomic E-state index is -3.52. The highest BCUT2D eigenvalue weighted by Gasteiger charge is 2.33. The predicted octanol–water partition coefficient (Wildman–Crippen LogP) is 3.19. The summed E-state index contributed by atoms with van der Waals surface area (Å²) in [5, 5.41) is 4.62. The van der Waals surface area contributed by atoms with Crippen molar-refractivity contribution in [2.75, 3.05) is 25.0 Å². The number of piperidine rings is 1. The molecule has 2 aromatic rings. The summed E-state index contributed by atoms with van der Waals surface area (Å²) in [5.74, 6) is 0.162. The maximum absolute atomic E-state index is 12.7. The lowest BCUT2D eigenvalue weighted by atomic mass is 9.98. The van der Waals surface area contributed by atoms with E-state index >= 15 is 0 Å². The Balaban J connectivity index is 1.67. The van der Waals surface area contributed by atoms with Gasteiger partial charge in [-0.3, -0.25) is 4.79 Å². The average molecular weight is 395 g/mol. The van der Waals surface area contributed by atoms with E-state index in [9.17, 15) is 13.2 Å². The number of ether oxygens (including phenoxy) is 1. The van der Waals surface area contributed by atoms with E-state index in [2.05, 4.69) is 5.32 Å². The number of rotatable bonds is 6. The zero-order valence-electron chi connectivity index (χ0n) is 14.6. The third kappa shape index (κ3) is 4.25. The quantitative estimate of drug-likeness (QED) is 0.816. The Bertz CT molecular complexity index is 850. The number of thiophene rings is 1. The number of hydrogen-bond donors (Lipinski definition) is 1. The lowest BCUT2D eigenvalue weighted by Gasteiger charge is -2.30. The molecule has 0 saturated carbocycles. The van der Waals surface area contributed by atoms with E-state index in [0.717, 1.165) is 0 Å². The van der Waals surface area contributed by atoms with Crippen LogP contribution in [0.15, 0.2) is 46.0 Å². The molecule has 1 aromatic heterocycles. The normalized spacial score (nSPS) is 18.4. The molecule has 26 heavy (non-hydrogen) atoms. The molecule has 140 valence electrons. The van der Waals surface area contributed by atoms with Crippen molar-refractivity contribution in [3.8, 4) is 5.75 Å². The van der Waals surface area contributed by atoms with E-state index in [1.807, 2.05) is 19.1 Å². The standard InChI is InChI=1S/C18H22N2O4S2/c1-2-24-16-8-3-7-15(12-16)19-18(21)14-6-4-10-20(13-14)26(22,23)17-9-5-11-25-17/h3,5,7-9,11-12,14H,2,4,6,10,13H2,1H3,(H,19,21). The first-order valence-corrected chi connectivity index (χ1v) is 10.9. The van der Waals surface area contributed by atoms with E-state index < -0.39 is 10.0 Å². The van der Waals surface area contributed by atoms with Crippen LogP contribution in [0.2, 0.25) is 0 Å². The molecule has 1 N–H and O–H groups in total. The van der Waals surface area contributed by atoms with Crippen LogP contribution in [0.25, 0.3) is 0 Å². The van der Waals surface area contributed by atoms with E-state index in [0.29, 0.717) is 41.6 Å². The first-order chi connectivity index (χ1) is 12.5. The average Bonchev–Trinajstić information content (AvgIpc) is 3.18. The number of amides is 1. The van der Waals surface area contributed by atoms with Crippen molar-refractivity contribution in [3.05, 3.63) is 41.8 Å². The van der Waals surface area contributed by atoms with E-state index in [-0.39, 0.29) is 18.4 Å². The molecule has 1 unspecified atom stereocenters. The molecule has 1 atom stereocenters. The van der Waals surface area contributed by atoms with Gasteiger partial charge in [0.15, 0.2) is 0 Å². The number of nitrogens with one attached hydrogen (secondary N) is 1. The number of carbonyl (C=O) groups excluding carboxylic acids is 1. The van der Waals surface area contributed by atoms with Gasteiger partial charge < -0.3 is 10.1 Å². The second-order valence-corrected chi connectivity index (χ2v) is 9.20. The monoisotopic (exact) mass is 394 g/mol. The summed E-state index contributed by atoms with van der Waals surface area (Å²) < 4.78 is 32.5. The summed E-state index contributed by atoms with van der Waals surface area (Å²) in [5.41, 5.74) is 0.652. The van der Waals surface area contributed by atoms with Gasteiger partial charge in [-0.05, 0) is 43.3 Å². The van der Waals surface area contributed by atoms with Crippen molar-refractivity contribution < 1.29 is 17.9 Å². The molecule has 3 rings (SSSR count). The van der Waals surface area contributed by atoms with Gasteiger partial charge in [0.05, 0.1) is 12.5 Å². The molecule has 1 fully saturated rings. The lowest BCUT2D eigenvalue weighted by Crippen LogP contribution is -2.43. The van der Waals surface area contributed by atoms with E-state index in [4.69, 9.17) is 4.74 Å². The van der Waals surface area contributed by atoms with Crippen LogP contribution < -0.4 is 10.1 Å². The van der Waals surface area contributed by atoms with E-state index in [1.54, 1.807) is 29.6 Å². The molecule has 6 nitrogen and oxygen atoms in total. The minimum Gasteiger partial charge on any atom is -0.494 e. The van der Waals surface area contributed by atoms with Crippen molar-refractivity contribution >= 4 is 33.0 Å². The van der Waals surface area contributed by atoms with Crippen LogP contribution in [0.5, 0.6) is 5.75 Å². The van der Waals surface area contributed by atoms with Crippen molar-refractivity contribution in [1.82, 2.24) is 4.31 Å². The van der Waals surface area contributed by atoms with Crippen LogP contribution in [0.3, 0.4) is 0 Å². The Hall–Kier alpha value is -1.90. The van der Waals surface area contributed by atoms with Crippen LogP contribution in [-0.2, 0) is 14.8 Å². The fourth-order valence-corrected chi connectivity index (χ4v) is 5.66. The highest BCUT2D eigenvalue weighted by molar-refractivity contribution is 7.91. The molecule has 1 aliphatic heterocycles. The summed E-state index contributed by atoms with van der Waals surface area (Å²) in [6, 6.07) is 10.5. The number of nitrogens with zero attached hydrogens (tertiary/aromatic N) is 1. The Kier molecular flexibility index (Phi) is 5.95. The SMILES string of the molecule is CCOc1cccc(NC(=O)C2CCCN(S(=O)(=O)c3cccs3)C2)c1. The molecule has 1 aliphatic rings. The second-order valence-electron chi connectivity index (χ2n) is 6.08. The molecular weight excluding hydrogens is 372 g/mol. The van der Waals surface area contributed by atoms with Crippen LogP contribution >= 0.6 is 11.3 Å². The fraction of sp³-hybridized carbons (Fsp3) is 0.389. The molecule has 0 spiro atoms. The maximum atomic E-state index is 12.7. The highest BCUT2D eigenvalue weighted by atomic mass is 32.2. The van der Waals surface area contributed by atoms with E-state index in [1.165, 1.54) is 15.6 Å². The fourth-order valence-electron chi connectivity index (χ4n) is 2.99. The largest absolute Gasteiger partial charge is 0.494 e. The molecule has 1 saturated heterocycles. The third-order valence-electron chi connectivity index (χ3n) is 4.26. The van der Waals surface area contributed by atoms with Crippen LogP contribution in [-0.4, -0.2) is 38.3 Å². The number of benzene rings is 1. The summed E-state index contributed by atoms with van der Waals surface area (Å²) in [6.07, 6.45) is 1.34. The van der Waals surface area contributed by atoms with Gasteiger partial charge in [-0.15, -0.1) is 11.3 Å².